The lowest BCUT2D eigenvalue weighted by Crippen LogP contribution is -2.42. The second kappa shape index (κ2) is 7.90. The predicted molar refractivity (Wildman–Crippen MR) is 96.2 cm³/mol. The number of benzene rings is 1. The first kappa shape index (κ1) is 17.1. The summed E-state index contributed by atoms with van der Waals surface area (Å²) in [6.07, 6.45) is 0.164. The number of thiazole rings is 1. The molecule has 0 fully saturated rings. The summed E-state index contributed by atoms with van der Waals surface area (Å²) in [4.78, 5) is 18.6. The van der Waals surface area contributed by atoms with E-state index in [2.05, 4.69) is 11.9 Å². The number of para-hydroxylation sites is 2. The first-order valence-electron chi connectivity index (χ1n) is 7.85. The zero-order valence-electron chi connectivity index (χ0n) is 13.7. The van der Waals surface area contributed by atoms with Gasteiger partial charge in [0.1, 0.15) is 10.9 Å². The summed E-state index contributed by atoms with van der Waals surface area (Å²) in [6, 6.07) is 7.59. The number of likely N-dealkylation sites (N-methyl/N-ethyl adjacent to an activating group) is 1. The molecule has 1 aromatic heterocycles. The molecule has 0 radical (unpaired) electrons. The van der Waals surface area contributed by atoms with E-state index in [1.165, 1.54) is 0 Å². The Balaban J connectivity index is 1.53. The molecule has 1 aliphatic heterocycles. The van der Waals surface area contributed by atoms with Crippen LogP contribution in [0, 0.1) is 0 Å². The number of hydrogen-bond donors (Lipinski definition) is 0. The fourth-order valence-electron chi connectivity index (χ4n) is 2.41. The highest BCUT2D eigenvalue weighted by Crippen LogP contribution is 2.31. The van der Waals surface area contributed by atoms with Crippen LogP contribution in [0.1, 0.15) is 12.6 Å². The minimum atomic E-state index is -0.157. The van der Waals surface area contributed by atoms with E-state index in [0.29, 0.717) is 19.6 Å². The largest absolute Gasteiger partial charge is 0.486 e. The van der Waals surface area contributed by atoms with Crippen molar-refractivity contribution in [3.63, 3.8) is 0 Å². The van der Waals surface area contributed by atoms with Crippen molar-refractivity contribution in [2.45, 2.75) is 23.8 Å². The van der Waals surface area contributed by atoms with Gasteiger partial charge in [-0.1, -0.05) is 30.8 Å². The lowest BCUT2D eigenvalue weighted by atomic mass is 10.2. The van der Waals surface area contributed by atoms with Crippen molar-refractivity contribution < 1.29 is 14.3 Å². The molecule has 24 heavy (non-hydrogen) atoms. The van der Waals surface area contributed by atoms with E-state index in [1.54, 1.807) is 35.0 Å². The Morgan fingerprint density at radius 3 is 3.00 bits per heavy atom. The van der Waals surface area contributed by atoms with Gasteiger partial charge in [-0.25, -0.2) is 4.98 Å². The fourth-order valence-corrected chi connectivity index (χ4v) is 4.15. The second-order valence-corrected chi connectivity index (χ2v) is 7.86. The first-order chi connectivity index (χ1) is 11.7. The van der Waals surface area contributed by atoms with Gasteiger partial charge in [-0.05, 0) is 17.9 Å². The molecule has 5 nitrogen and oxygen atoms in total. The molecule has 128 valence electrons. The zero-order valence-corrected chi connectivity index (χ0v) is 15.4. The number of amides is 1. The first-order valence-corrected chi connectivity index (χ1v) is 9.72. The van der Waals surface area contributed by atoms with Crippen LogP contribution in [0.4, 0.5) is 0 Å². The van der Waals surface area contributed by atoms with Gasteiger partial charge in [0.25, 0.3) is 0 Å². The Morgan fingerprint density at radius 2 is 2.21 bits per heavy atom. The van der Waals surface area contributed by atoms with Crippen LogP contribution in [0.5, 0.6) is 11.5 Å². The van der Waals surface area contributed by atoms with E-state index in [4.69, 9.17) is 9.47 Å². The molecule has 0 N–H and O–H groups in total. The van der Waals surface area contributed by atoms with E-state index < -0.39 is 0 Å². The summed E-state index contributed by atoms with van der Waals surface area (Å²) in [5.41, 5.74) is 0.832. The van der Waals surface area contributed by atoms with Gasteiger partial charge in [-0.15, -0.1) is 11.3 Å². The number of aromatic nitrogens is 1. The van der Waals surface area contributed by atoms with E-state index in [9.17, 15) is 4.79 Å². The molecule has 0 spiro atoms. The van der Waals surface area contributed by atoms with Crippen molar-refractivity contribution in [3.05, 3.63) is 35.3 Å². The molecule has 0 aliphatic carbocycles. The standard InChI is InChI=1S/C17H20N2O3S2/c1-3-23-17-18-12(11-24-17)8-16(20)19(2)9-13-10-21-14-6-4-5-7-15(14)22-13/h4-7,11,13H,3,8-10H2,1-2H3/t13-/m1/s1. The van der Waals surface area contributed by atoms with Crippen LogP contribution in [-0.2, 0) is 11.2 Å². The summed E-state index contributed by atoms with van der Waals surface area (Å²) >= 11 is 3.29. The van der Waals surface area contributed by atoms with E-state index >= 15 is 0 Å². The maximum absolute atomic E-state index is 12.4. The minimum Gasteiger partial charge on any atom is -0.486 e. The van der Waals surface area contributed by atoms with Crippen molar-refractivity contribution in [1.82, 2.24) is 9.88 Å². The Hall–Kier alpha value is -1.73. The average molecular weight is 364 g/mol. The van der Waals surface area contributed by atoms with Gasteiger partial charge in [0, 0.05) is 12.4 Å². The summed E-state index contributed by atoms with van der Waals surface area (Å²) in [7, 11) is 1.79. The molecule has 2 aromatic rings. The summed E-state index contributed by atoms with van der Waals surface area (Å²) in [5, 5.41) is 1.96. The van der Waals surface area contributed by atoms with Crippen LogP contribution in [0.2, 0.25) is 0 Å². The molecule has 1 atom stereocenters. The molecule has 1 aromatic carbocycles. The highest BCUT2D eigenvalue weighted by atomic mass is 32.2. The van der Waals surface area contributed by atoms with Gasteiger partial charge in [-0.2, -0.15) is 0 Å². The van der Waals surface area contributed by atoms with Gasteiger partial charge in [0.15, 0.2) is 17.6 Å². The van der Waals surface area contributed by atoms with Crippen molar-refractivity contribution in [3.8, 4) is 11.5 Å². The third-order valence-corrected chi connectivity index (χ3v) is 5.55. The Morgan fingerprint density at radius 1 is 1.42 bits per heavy atom. The Bertz CT molecular complexity index is 705. The molecule has 1 aliphatic rings. The maximum atomic E-state index is 12.4. The van der Waals surface area contributed by atoms with Crippen molar-refractivity contribution in [2.75, 3.05) is 26.0 Å². The Kier molecular flexibility index (Phi) is 5.63. The minimum absolute atomic E-state index is 0.0378. The number of thioether (sulfide) groups is 1. The fraction of sp³-hybridized carbons (Fsp3) is 0.412. The van der Waals surface area contributed by atoms with Gasteiger partial charge in [0.05, 0.1) is 18.7 Å². The number of nitrogens with zero attached hydrogens (tertiary/aromatic N) is 2. The highest BCUT2D eigenvalue weighted by Gasteiger charge is 2.24. The van der Waals surface area contributed by atoms with Crippen LogP contribution in [-0.4, -0.2) is 47.8 Å². The van der Waals surface area contributed by atoms with E-state index in [1.807, 2.05) is 29.6 Å². The van der Waals surface area contributed by atoms with Gasteiger partial charge in [-0.3, -0.25) is 4.79 Å². The lowest BCUT2D eigenvalue weighted by Gasteiger charge is -2.29. The number of carbonyl (C=O) groups is 1. The molecule has 0 saturated carbocycles. The normalized spacial score (nSPS) is 16.0. The second-order valence-electron chi connectivity index (χ2n) is 5.49. The smallest absolute Gasteiger partial charge is 0.228 e. The number of ether oxygens (including phenoxy) is 2. The third kappa shape index (κ3) is 4.21. The topological polar surface area (TPSA) is 51.7 Å². The van der Waals surface area contributed by atoms with Crippen molar-refractivity contribution >= 4 is 29.0 Å². The summed E-state index contributed by atoms with van der Waals surface area (Å²) in [5.74, 6) is 2.51. The number of carbonyl (C=O) groups excluding carboxylic acids is 1. The van der Waals surface area contributed by atoms with Crippen LogP contribution < -0.4 is 9.47 Å². The molecule has 0 unspecified atom stereocenters. The molecule has 1 amide bonds. The third-order valence-electron chi connectivity index (χ3n) is 3.60. The molecular formula is C17H20N2O3S2. The van der Waals surface area contributed by atoms with Gasteiger partial charge in [0.2, 0.25) is 5.91 Å². The average Bonchev–Trinajstić information content (AvgIpc) is 3.02. The van der Waals surface area contributed by atoms with E-state index in [0.717, 1.165) is 27.3 Å². The monoisotopic (exact) mass is 364 g/mol. The predicted octanol–water partition coefficient (Wildman–Crippen LogP) is 3.10. The van der Waals surface area contributed by atoms with Crippen LogP contribution in [0.15, 0.2) is 34.0 Å². The van der Waals surface area contributed by atoms with E-state index in [-0.39, 0.29) is 12.0 Å². The van der Waals surface area contributed by atoms with Gasteiger partial charge < -0.3 is 14.4 Å². The molecule has 0 saturated heterocycles. The van der Waals surface area contributed by atoms with Crippen LogP contribution in [0.25, 0.3) is 0 Å². The van der Waals surface area contributed by atoms with Crippen LogP contribution in [0.3, 0.4) is 0 Å². The Labute approximate surface area is 150 Å². The zero-order chi connectivity index (χ0) is 16.9. The van der Waals surface area contributed by atoms with Crippen molar-refractivity contribution in [1.29, 1.82) is 0 Å². The summed E-state index contributed by atoms with van der Waals surface area (Å²) < 4.78 is 12.6. The lowest BCUT2D eigenvalue weighted by molar-refractivity contribution is -0.130. The van der Waals surface area contributed by atoms with Crippen molar-refractivity contribution in [2.24, 2.45) is 0 Å². The molecule has 7 heteroatoms. The molecular weight excluding hydrogens is 344 g/mol. The molecule has 2 heterocycles. The quantitative estimate of drug-likeness (QED) is 0.737. The number of rotatable bonds is 6. The molecule has 0 bridgehead atoms. The molecule has 3 rings (SSSR count). The SMILES string of the molecule is CCSc1nc(CC(=O)N(C)C[C@@H]2COc3ccccc3O2)cs1. The number of hydrogen-bond acceptors (Lipinski definition) is 6. The highest BCUT2D eigenvalue weighted by molar-refractivity contribution is 8.00. The van der Waals surface area contributed by atoms with Gasteiger partial charge >= 0.3 is 0 Å². The summed E-state index contributed by atoms with van der Waals surface area (Å²) in [6.45, 7) is 3.03. The maximum Gasteiger partial charge on any atom is 0.228 e. The van der Waals surface area contributed by atoms with Crippen LogP contribution >= 0.6 is 23.1 Å². The number of fused-ring (bicyclic) bond motifs is 1.